The number of hydrogen-bond acceptors (Lipinski definition) is 5. The van der Waals surface area contributed by atoms with E-state index in [9.17, 15) is 4.79 Å². The zero-order valence-electron chi connectivity index (χ0n) is 14.6. The van der Waals surface area contributed by atoms with Crippen molar-refractivity contribution in [1.29, 1.82) is 0 Å². The second-order valence-electron chi connectivity index (χ2n) is 5.83. The van der Waals surface area contributed by atoms with Crippen LogP contribution in [0.15, 0.2) is 47.2 Å². The fourth-order valence-corrected chi connectivity index (χ4v) is 3.12. The average molecular weight is 339 g/mol. The maximum Gasteiger partial charge on any atom is 0.306 e. The summed E-state index contributed by atoms with van der Waals surface area (Å²) in [5.41, 5.74) is 3.77. The van der Waals surface area contributed by atoms with Crippen LogP contribution in [0.4, 0.5) is 0 Å². The van der Waals surface area contributed by atoms with Crippen LogP contribution in [0.1, 0.15) is 36.1 Å². The number of fused-ring (bicyclic) bond motifs is 1. The van der Waals surface area contributed by atoms with E-state index >= 15 is 0 Å². The van der Waals surface area contributed by atoms with Crippen molar-refractivity contribution in [2.75, 3.05) is 13.7 Å². The summed E-state index contributed by atoms with van der Waals surface area (Å²) in [4.78, 5) is 16.6. The van der Waals surface area contributed by atoms with Crippen LogP contribution in [0.3, 0.4) is 0 Å². The number of aromatic nitrogens is 1. The molecular weight excluding hydrogens is 318 g/mol. The highest BCUT2D eigenvalue weighted by atomic mass is 16.5. The molecule has 25 heavy (non-hydrogen) atoms. The Hall–Kier alpha value is -2.82. The minimum Gasteiger partial charge on any atom is -0.493 e. The van der Waals surface area contributed by atoms with E-state index in [2.05, 4.69) is 4.98 Å². The van der Waals surface area contributed by atoms with Gasteiger partial charge in [0.1, 0.15) is 12.0 Å². The third-order valence-electron chi connectivity index (χ3n) is 4.20. The van der Waals surface area contributed by atoms with Crippen molar-refractivity contribution >= 4 is 5.97 Å². The highest BCUT2D eigenvalue weighted by Gasteiger charge is 2.28. The lowest BCUT2D eigenvalue weighted by molar-refractivity contribution is -0.143. The fraction of sp³-hybridized carbons (Fsp3) is 0.300. The van der Waals surface area contributed by atoms with Gasteiger partial charge in [0.05, 0.1) is 20.1 Å². The quantitative estimate of drug-likeness (QED) is 0.630. The number of hydrogen-bond donors (Lipinski definition) is 0. The number of carbonyl (C=O) groups excluding carboxylic acids is 1. The summed E-state index contributed by atoms with van der Waals surface area (Å²) >= 11 is 0. The summed E-state index contributed by atoms with van der Waals surface area (Å²) in [7, 11) is 1.60. The van der Waals surface area contributed by atoms with Gasteiger partial charge in [-0.3, -0.25) is 9.78 Å². The van der Waals surface area contributed by atoms with Crippen molar-refractivity contribution in [2.45, 2.75) is 26.2 Å². The van der Waals surface area contributed by atoms with E-state index in [1.165, 1.54) is 0 Å². The molecule has 3 rings (SSSR count). The summed E-state index contributed by atoms with van der Waals surface area (Å²) in [6.45, 7) is 4.17. The number of nitrogens with zero attached hydrogens (tertiary/aromatic N) is 1. The summed E-state index contributed by atoms with van der Waals surface area (Å²) in [6, 6.07) is 9.66. The van der Waals surface area contributed by atoms with Crippen molar-refractivity contribution in [3.8, 4) is 17.1 Å². The number of methoxy groups -OCH3 is 1. The maximum atomic E-state index is 12.2. The summed E-state index contributed by atoms with van der Waals surface area (Å²) < 4.78 is 16.2. The molecule has 0 spiro atoms. The molecule has 0 aromatic carbocycles. The van der Waals surface area contributed by atoms with E-state index < -0.39 is 0 Å². The van der Waals surface area contributed by atoms with Crippen LogP contribution in [0.25, 0.3) is 11.3 Å². The molecule has 1 aliphatic heterocycles. The van der Waals surface area contributed by atoms with Gasteiger partial charge in [0, 0.05) is 28.9 Å². The number of carbonyl (C=O) groups is 1. The Morgan fingerprint density at radius 1 is 1.32 bits per heavy atom. The first kappa shape index (κ1) is 17.0. The van der Waals surface area contributed by atoms with E-state index in [0.29, 0.717) is 12.4 Å². The van der Waals surface area contributed by atoms with Crippen LogP contribution >= 0.6 is 0 Å². The van der Waals surface area contributed by atoms with Crippen molar-refractivity contribution in [3.63, 3.8) is 0 Å². The van der Waals surface area contributed by atoms with Gasteiger partial charge in [-0.05, 0) is 43.7 Å². The molecule has 2 aliphatic rings. The van der Waals surface area contributed by atoms with Gasteiger partial charge in [0.25, 0.3) is 0 Å². The second-order valence-corrected chi connectivity index (χ2v) is 5.83. The molecule has 1 aliphatic carbocycles. The molecular formula is C20H21NO4. The van der Waals surface area contributed by atoms with E-state index in [0.717, 1.165) is 28.1 Å². The Morgan fingerprint density at radius 3 is 2.84 bits per heavy atom. The number of rotatable bonds is 6. The van der Waals surface area contributed by atoms with Crippen molar-refractivity contribution in [1.82, 2.24) is 4.98 Å². The summed E-state index contributed by atoms with van der Waals surface area (Å²) in [5, 5.41) is 0. The average Bonchev–Trinajstić information content (AvgIpc) is 2.95. The Bertz CT molecular complexity index is 825. The predicted octanol–water partition coefficient (Wildman–Crippen LogP) is 4.18. The molecule has 5 heteroatoms. The third-order valence-corrected chi connectivity index (χ3v) is 4.20. The van der Waals surface area contributed by atoms with Gasteiger partial charge in [-0.25, -0.2) is 0 Å². The molecule has 0 bridgehead atoms. The summed E-state index contributed by atoms with van der Waals surface area (Å²) in [6.07, 6.45) is 3.52. The van der Waals surface area contributed by atoms with Crippen LogP contribution in [0, 0.1) is 6.92 Å². The number of aryl methyl sites for hydroxylation is 1. The fourth-order valence-electron chi connectivity index (χ4n) is 3.12. The van der Waals surface area contributed by atoms with Gasteiger partial charge in [0.2, 0.25) is 0 Å². The lowest BCUT2D eigenvalue weighted by atomic mass is 9.90. The van der Waals surface area contributed by atoms with Crippen molar-refractivity contribution < 1.29 is 18.7 Å². The van der Waals surface area contributed by atoms with Crippen LogP contribution in [0.5, 0.6) is 5.75 Å². The van der Waals surface area contributed by atoms with E-state index in [1.54, 1.807) is 26.5 Å². The molecule has 5 nitrogen and oxygen atoms in total. The molecule has 0 fully saturated rings. The van der Waals surface area contributed by atoms with E-state index in [-0.39, 0.29) is 18.3 Å². The van der Waals surface area contributed by atoms with Crippen LogP contribution in [0.2, 0.25) is 0 Å². The standard InChI is InChI=1S/C20H21NO4/c1-4-24-18(22)11-16(17-7-5-6-8-21-17)19-13(2)9-14-10-15(23-3)12-25-20(14)19/h5-10,12,16H,4,11H2,1-3H3. The molecule has 0 N–H and O–H groups in total. The normalized spacial score (nSPS) is 12.1. The SMILES string of the molecule is CCOC(=O)CC(c1ccccn1)c1c(C)cc2cc(OC)coc1-2. The molecule has 1 unspecified atom stereocenters. The molecule has 130 valence electrons. The molecule has 0 radical (unpaired) electrons. The summed E-state index contributed by atoms with van der Waals surface area (Å²) in [5.74, 6) is 0.928. The lowest BCUT2D eigenvalue weighted by Crippen LogP contribution is -2.13. The van der Waals surface area contributed by atoms with Crippen LogP contribution in [-0.4, -0.2) is 24.7 Å². The maximum absolute atomic E-state index is 12.2. The first-order chi connectivity index (χ1) is 12.1. The van der Waals surface area contributed by atoms with E-state index in [1.807, 2.05) is 37.3 Å². The van der Waals surface area contributed by atoms with Crippen LogP contribution < -0.4 is 4.74 Å². The number of ether oxygens (including phenoxy) is 2. The van der Waals surface area contributed by atoms with Crippen molar-refractivity contribution in [3.05, 3.63) is 59.6 Å². The van der Waals surface area contributed by atoms with Gasteiger partial charge in [-0.2, -0.15) is 0 Å². The van der Waals surface area contributed by atoms with Gasteiger partial charge < -0.3 is 13.9 Å². The van der Waals surface area contributed by atoms with Gasteiger partial charge >= 0.3 is 5.97 Å². The highest BCUT2D eigenvalue weighted by Crippen LogP contribution is 2.41. The first-order valence-corrected chi connectivity index (χ1v) is 8.26. The smallest absolute Gasteiger partial charge is 0.306 e. The predicted molar refractivity (Wildman–Crippen MR) is 93.9 cm³/mol. The van der Waals surface area contributed by atoms with Gasteiger partial charge in [-0.15, -0.1) is 0 Å². The minimum absolute atomic E-state index is 0.215. The Balaban J connectivity index is 2.08. The molecule has 0 saturated heterocycles. The molecule has 2 heterocycles. The zero-order chi connectivity index (χ0) is 17.8. The second kappa shape index (κ2) is 7.38. The van der Waals surface area contributed by atoms with Crippen LogP contribution in [-0.2, 0) is 9.53 Å². The van der Waals surface area contributed by atoms with Gasteiger partial charge in [0.15, 0.2) is 5.75 Å². The Labute approximate surface area is 146 Å². The zero-order valence-corrected chi connectivity index (χ0v) is 14.6. The number of pyridine rings is 1. The molecule has 0 saturated carbocycles. The third kappa shape index (κ3) is 3.50. The highest BCUT2D eigenvalue weighted by molar-refractivity contribution is 5.75. The molecule has 1 atom stereocenters. The Morgan fingerprint density at radius 2 is 2.16 bits per heavy atom. The number of esters is 1. The monoisotopic (exact) mass is 339 g/mol. The lowest BCUT2D eigenvalue weighted by Gasteiger charge is -2.17. The topological polar surface area (TPSA) is 61.6 Å². The Kier molecular flexibility index (Phi) is 5.03. The molecule has 0 amide bonds. The molecule has 1 aromatic rings. The largest absolute Gasteiger partial charge is 0.493 e. The van der Waals surface area contributed by atoms with Crippen molar-refractivity contribution in [2.24, 2.45) is 0 Å². The first-order valence-electron chi connectivity index (χ1n) is 8.26. The minimum atomic E-state index is -0.250. The van der Waals surface area contributed by atoms with E-state index in [4.69, 9.17) is 13.9 Å². The molecule has 1 aromatic heterocycles. The van der Waals surface area contributed by atoms with Gasteiger partial charge in [-0.1, -0.05) is 6.07 Å².